The maximum absolute atomic E-state index is 12.7. The summed E-state index contributed by atoms with van der Waals surface area (Å²) in [6.07, 6.45) is 0. The Kier molecular flexibility index (Phi) is 6.29. The van der Waals surface area contributed by atoms with Gasteiger partial charge in [-0.05, 0) is 37.6 Å². The zero-order valence-corrected chi connectivity index (χ0v) is 18.1. The molecule has 6 nitrogen and oxygen atoms in total. The number of hydrogen-bond donors (Lipinski definition) is 0. The Morgan fingerprint density at radius 3 is 2.21 bits per heavy atom. The van der Waals surface area contributed by atoms with Crippen LogP contribution in [0.2, 0.25) is 5.02 Å². The molecule has 3 rings (SSSR count). The Morgan fingerprint density at radius 1 is 1.07 bits per heavy atom. The Balaban J connectivity index is 1.57. The predicted molar refractivity (Wildman–Crippen MR) is 111 cm³/mol. The van der Waals surface area contributed by atoms with Crippen molar-refractivity contribution in [2.24, 2.45) is 7.05 Å². The topological polar surface area (TPSA) is 62.6 Å². The summed E-state index contributed by atoms with van der Waals surface area (Å²) in [6, 6.07) is 8.79. The molecule has 0 radical (unpaired) electrons. The molecule has 0 bridgehead atoms. The molecule has 0 spiro atoms. The Morgan fingerprint density at radius 2 is 1.68 bits per heavy atom. The number of halogens is 1. The van der Waals surface area contributed by atoms with E-state index >= 15 is 0 Å². The second kappa shape index (κ2) is 8.37. The second-order valence-electron chi connectivity index (χ2n) is 7.32. The minimum absolute atomic E-state index is 0.0361. The summed E-state index contributed by atoms with van der Waals surface area (Å²) in [7, 11) is -1.44. The molecule has 1 aliphatic rings. The van der Waals surface area contributed by atoms with Crippen molar-refractivity contribution in [2.45, 2.75) is 19.6 Å². The van der Waals surface area contributed by atoms with Crippen molar-refractivity contribution in [3.8, 4) is 0 Å². The van der Waals surface area contributed by atoms with Crippen LogP contribution in [0, 0.1) is 13.8 Å². The number of sulfonamides is 1. The highest BCUT2D eigenvalue weighted by molar-refractivity contribution is 7.88. The number of Topliss-reactive ketones (excluding diaryl/α,β-unsaturated/α-hetero) is 1. The van der Waals surface area contributed by atoms with Crippen molar-refractivity contribution in [2.75, 3.05) is 32.7 Å². The van der Waals surface area contributed by atoms with Gasteiger partial charge in [0.15, 0.2) is 5.78 Å². The molecular formula is C20H26ClN3O3S. The van der Waals surface area contributed by atoms with Gasteiger partial charge in [-0.25, -0.2) is 8.42 Å². The van der Waals surface area contributed by atoms with Crippen molar-refractivity contribution in [1.29, 1.82) is 0 Å². The molecule has 2 heterocycles. The third-order valence-corrected chi connectivity index (χ3v) is 7.53. The highest BCUT2D eigenvalue weighted by Gasteiger charge is 2.28. The van der Waals surface area contributed by atoms with Crippen LogP contribution in [0.5, 0.6) is 0 Å². The van der Waals surface area contributed by atoms with Gasteiger partial charge in [-0.1, -0.05) is 23.7 Å². The maximum atomic E-state index is 12.7. The first-order valence-corrected chi connectivity index (χ1v) is 11.3. The van der Waals surface area contributed by atoms with E-state index in [1.54, 1.807) is 24.3 Å². The van der Waals surface area contributed by atoms with Crippen molar-refractivity contribution in [3.63, 3.8) is 0 Å². The van der Waals surface area contributed by atoms with E-state index in [0.717, 1.165) is 22.5 Å². The lowest BCUT2D eigenvalue weighted by Gasteiger charge is -2.33. The monoisotopic (exact) mass is 423 g/mol. The first-order chi connectivity index (χ1) is 13.2. The van der Waals surface area contributed by atoms with Crippen LogP contribution in [0.1, 0.15) is 27.3 Å². The minimum Gasteiger partial charge on any atom is -0.351 e. The molecule has 152 valence electrons. The molecule has 0 atom stereocenters. The normalized spacial score (nSPS) is 16.4. The number of carbonyl (C=O) groups excluding carboxylic acids is 1. The lowest BCUT2D eigenvalue weighted by atomic mass is 10.1. The lowest BCUT2D eigenvalue weighted by Crippen LogP contribution is -2.50. The minimum atomic E-state index is -3.39. The highest BCUT2D eigenvalue weighted by Crippen LogP contribution is 2.18. The molecule has 0 N–H and O–H groups in total. The zero-order chi connectivity index (χ0) is 20.5. The van der Waals surface area contributed by atoms with E-state index in [2.05, 4.69) is 0 Å². The summed E-state index contributed by atoms with van der Waals surface area (Å²) in [5, 5.41) is 0.586. The highest BCUT2D eigenvalue weighted by atomic mass is 35.5. The molecule has 0 aliphatic carbocycles. The fourth-order valence-corrected chi connectivity index (χ4v) is 5.12. The molecule has 8 heteroatoms. The summed E-state index contributed by atoms with van der Waals surface area (Å²) < 4.78 is 28.9. The molecule has 2 aromatic rings. The molecule has 1 saturated heterocycles. The Hall–Kier alpha value is -1.67. The number of rotatable bonds is 6. The van der Waals surface area contributed by atoms with E-state index in [1.807, 2.05) is 36.4 Å². The standard InChI is InChI=1S/C20H26ClN3O3S/c1-15-12-19(16(2)22(15)3)20(25)13-23-8-10-24(11-9-23)28(26,27)14-17-4-6-18(21)7-5-17/h4-7,12H,8-11,13-14H2,1-3H3. The number of aromatic nitrogens is 1. The van der Waals surface area contributed by atoms with Gasteiger partial charge in [0.25, 0.3) is 0 Å². The molecule has 1 aromatic heterocycles. The third kappa shape index (κ3) is 4.66. The maximum Gasteiger partial charge on any atom is 0.218 e. The second-order valence-corrected chi connectivity index (χ2v) is 9.73. The summed E-state index contributed by atoms with van der Waals surface area (Å²) in [5.74, 6) is 0.0460. The van der Waals surface area contributed by atoms with E-state index in [0.29, 0.717) is 37.7 Å². The van der Waals surface area contributed by atoms with E-state index in [-0.39, 0.29) is 11.5 Å². The lowest BCUT2D eigenvalue weighted by molar-refractivity contribution is 0.0901. The van der Waals surface area contributed by atoms with Gasteiger partial charge in [-0.3, -0.25) is 9.69 Å². The molecule has 0 saturated carbocycles. The van der Waals surface area contributed by atoms with Gasteiger partial charge in [-0.2, -0.15) is 4.31 Å². The number of piperazine rings is 1. The summed E-state index contributed by atoms with van der Waals surface area (Å²) in [5.41, 5.74) is 3.49. The smallest absolute Gasteiger partial charge is 0.218 e. The molecule has 28 heavy (non-hydrogen) atoms. The quantitative estimate of drug-likeness (QED) is 0.670. The molecule has 1 fully saturated rings. The van der Waals surface area contributed by atoms with Crippen LogP contribution in [0.15, 0.2) is 30.3 Å². The van der Waals surface area contributed by atoms with Crippen LogP contribution in [0.3, 0.4) is 0 Å². The number of hydrogen-bond acceptors (Lipinski definition) is 4. The van der Waals surface area contributed by atoms with E-state index in [9.17, 15) is 13.2 Å². The number of ketones is 1. The van der Waals surface area contributed by atoms with Gasteiger partial charge >= 0.3 is 0 Å². The van der Waals surface area contributed by atoms with Gasteiger partial charge in [-0.15, -0.1) is 0 Å². The fourth-order valence-electron chi connectivity index (χ4n) is 3.47. The summed E-state index contributed by atoms with van der Waals surface area (Å²) >= 11 is 5.86. The summed E-state index contributed by atoms with van der Waals surface area (Å²) in [6.45, 7) is 6.14. The number of carbonyl (C=O) groups is 1. The number of aryl methyl sites for hydroxylation is 1. The van der Waals surface area contributed by atoms with Gasteiger partial charge in [0.1, 0.15) is 0 Å². The van der Waals surface area contributed by atoms with Crippen LogP contribution in [0.4, 0.5) is 0 Å². The van der Waals surface area contributed by atoms with Crippen molar-refractivity contribution >= 4 is 27.4 Å². The SMILES string of the molecule is Cc1cc(C(=O)CN2CCN(S(=O)(=O)Cc3ccc(Cl)cc3)CC2)c(C)n1C. The molecular weight excluding hydrogens is 398 g/mol. The molecule has 1 aliphatic heterocycles. The Labute approximate surface area is 171 Å². The molecule has 0 unspecified atom stereocenters. The van der Waals surface area contributed by atoms with Gasteiger partial charge in [0.05, 0.1) is 12.3 Å². The van der Waals surface area contributed by atoms with Crippen molar-refractivity contribution < 1.29 is 13.2 Å². The van der Waals surface area contributed by atoms with E-state index in [4.69, 9.17) is 11.6 Å². The largest absolute Gasteiger partial charge is 0.351 e. The fraction of sp³-hybridized carbons (Fsp3) is 0.450. The zero-order valence-electron chi connectivity index (χ0n) is 16.5. The average molecular weight is 424 g/mol. The van der Waals surface area contributed by atoms with Gasteiger partial charge < -0.3 is 4.57 Å². The molecule has 0 amide bonds. The number of benzene rings is 1. The predicted octanol–water partition coefficient (Wildman–Crippen LogP) is 2.63. The van der Waals surface area contributed by atoms with Crippen LogP contribution >= 0.6 is 11.6 Å². The van der Waals surface area contributed by atoms with Crippen molar-refractivity contribution in [3.05, 3.63) is 57.9 Å². The van der Waals surface area contributed by atoms with Gasteiger partial charge in [0.2, 0.25) is 10.0 Å². The first kappa shape index (κ1) is 21.0. The van der Waals surface area contributed by atoms with E-state index in [1.165, 1.54) is 4.31 Å². The van der Waals surface area contributed by atoms with E-state index < -0.39 is 10.0 Å². The summed E-state index contributed by atoms with van der Waals surface area (Å²) in [4.78, 5) is 14.7. The molecule has 1 aromatic carbocycles. The number of nitrogens with zero attached hydrogens (tertiary/aromatic N) is 3. The third-order valence-electron chi connectivity index (χ3n) is 5.43. The van der Waals surface area contributed by atoms with Crippen LogP contribution in [0.25, 0.3) is 0 Å². The van der Waals surface area contributed by atoms with Crippen LogP contribution in [-0.4, -0.2) is 60.7 Å². The van der Waals surface area contributed by atoms with Crippen molar-refractivity contribution in [1.82, 2.24) is 13.8 Å². The average Bonchev–Trinajstić information content (AvgIpc) is 2.91. The van der Waals surface area contributed by atoms with Gasteiger partial charge in [0, 0.05) is 55.2 Å². The van der Waals surface area contributed by atoms with Crippen LogP contribution < -0.4 is 0 Å². The Bertz CT molecular complexity index is 959. The van der Waals surface area contributed by atoms with Crippen LogP contribution in [-0.2, 0) is 22.8 Å². The first-order valence-electron chi connectivity index (χ1n) is 9.28.